The second kappa shape index (κ2) is 9.01. The van der Waals surface area contributed by atoms with Crippen LogP contribution in [0.5, 0.6) is 5.75 Å². The van der Waals surface area contributed by atoms with Gasteiger partial charge in [-0.2, -0.15) is 0 Å². The van der Waals surface area contributed by atoms with Gasteiger partial charge in [0.05, 0.1) is 43.6 Å². The lowest BCUT2D eigenvalue weighted by atomic mass is 10.1. The van der Waals surface area contributed by atoms with Gasteiger partial charge in [-0.25, -0.2) is 4.79 Å². The minimum atomic E-state index is -0.952. The maximum absolute atomic E-state index is 12.5. The molecule has 2 aromatic rings. The van der Waals surface area contributed by atoms with Gasteiger partial charge in [-0.15, -0.1) is 0 Å². The molecule has 0 spiro atoms. The van der Waals surface area contributed by atoms with E-state index in [0.717, 1.165) is 17.6 Å². The van der Waals surface area contributed by atoms with Crippen LogP contribution in [0.2, 0.25) is 0 Å². The maximum Gasteiger partial charge on any atom is 0.407 e. The first kappa shape index (κ1) is 22.0. The predicted octanol–water partition coefficient (Wildman–Crippen LogP) is 1.88. The maximum atomic E-state index is 12.5. The number of aromatic nitrogens is 2. The Kier molecular flexibility index (Phi) is 6.62. The van der Waals surface area contributed by atoms with Crippen LogP contribution >= 0.6 is 0 Å². The van der Waals surface area contributed by atoms with Gasteiger partial charge in [-0.05, 0) is 26.8 Å². The first-order chi connectivity index (χ1) is 14.2. The molecule has 1 atom stereocenters. The van der Waals surface area contributed by atoms with E-state index >= 15 is 0 Å². The van der Waals surface area contributed by atoms with Crippen LogP contribution in [-0.4, -0.2) is 82.1 Å². The van der Waals surface area contributed by atoms with Gasteiger partial charge in [-0.3, -0.25) is 14.7 Å². The average Bonchev–Trinajstić information content (AvgIpc) is 2.70. The zero-order valence-electron chi connectivity index (χ0n) is 18.0. The Hall–Kier alpha value is -2.65. The van der Waals surface area contributed by atoms with E-state index in [0.29, 0.717) is 38.5 Å². The second-order valence-electron chi connectivity index (χ2n) is 8.46. The van der Waals surface area contributed by atoms with E-state index in [1.165, 1.54) is 11.0 Å². The summed E-state index contributed by atoms with van der Waals surface area (Å²) in [7, 11) is 1.57. The third kappa shape index (κ3) is 5.09. The SMILES string of the molecule is COc1cnc2ccc(=O)n(CCN3CCOC(CN(C(=O)O)C(C)(C)C)C3)c2c1. The van der Waals surface area contributed by atoms with Gasteiger partial charge >= 0.3 is 6.09 Å². The number of hydrogen-bond donors (Lipinski definition) is 1. The summed E-state index contributed by atoms with van der Waals surface area (Å²) in [6.07, 6.45) is 0.472. The smallest absolute Gasteiger partial charge is 0.407 e. The van der Waals surface area contributed by atoms with Gasteiger partial charge in [0.1, 0.15) is 5.75 Å². The van der Waals surface area contributed by atoms with Crippen LogP contribution < -0.4 is 10.3 Å². The number of hydrogen-bond acceptors (Lipinski definition) is 6. The number of pyridine rings is 2. The Labute approximate surface area is 175 Å². The topological polar surface area (TPSA) is 97.1 Å². The molecule has 2 aromatic heterocycles. The highest BCUT2D eigenvalue weighted by atomic mass is 16.5. The molecular weight excluding hydrogens is 388 g/mol. The molecule has 164 valence electrons. The highest BCUT2D eigenvalue weighted by Crippen LogP contribution is 2.18. The molecule has 0 saturated carbocycles. The molecule has 3 heterocycles. The fourth-order valence-corrected chi connectivity index (χ4v) is 3.67. The largest absolute Gasteiger partial charge is 0.495 e. The van der Waals surface area contributed by atoms with E-state index in [1.807, 2.05) is 26.8 Å². The minimum absolute atomic E-state index is 0.0906. The van der Waals surface area contributed by atoms with E-state index in [2.05, 4.69) is 9.88 Å². The van der Waals surface area contributed by atoms with Gasteiger partial charge in [-0.1, -0.05) is 0 Å². The van der Waals surface area contributed by atoms with Crippen molar-refractivity contribution < 1.29 is 19.4 Å². The molecule has 1 aliphatic rings. The van der Waals surface area contributed by atoms with E-state index in [-0.39, 0.29) is 11.7 Å². The Bertz CT molecular complexity index is 953. The van der Waals surface area contributed by atoms with E-state index in [9.17, 15) is 14.7 Å². The van der Waals surface area contributed by atoms with Gasteiger partial charge in [0.15, 0.2) is 0 Å². The normalized spacial score (nSPS) is 17.8. The number of carboxylic acid groups (broad SMARTS) is 1. The molecule has 9 nitrogen and oxygen atoms in total. The molecule has 30 heavy (non-hydrogen) atoms. The summed E-state index contributed by atoms with van der Waals surface area (Å²) < 4.78 is 12.8. The molecule has 1 aliphatic heterocycles. The monoisotopic (exact) mass is 418 g/mol. The third-order valence-electron chi connectivity index (χ3n) is 5.34. The highest BCUT2D eigenvalue weighted by molar-refractivity contribution is 5.75. The van der Waals surface area contributed by atoms with Crippen molar-refractivity contribution in [3.05, 3.63) is 34.7 Å². The van der Waals surface area contributed by atoms with Crippen LogP contribution in [0.15, 0.2) is 29.2 Å². The number of ether oxygens (including phenoxy) is 2. The Morgan fingerprint density at radius 3 is 2.80 bits per heavy atom. The van der Waals surface area contributed by atoms with Gasteiger partial charge in [0.25, 0.3) is 5.56 Å². The minimum Gasteiger partial charge on any atom is -0.495 e. The standard InChI is InChI=1S/C21H30N4O5/c1-21(2,3)25(20(27)28)14-16-13-23(9-10-30-16)7-8-24-18-11-15(29-4)12-22-17(18)5-6-19(24)26/h5-6,11-12,16H,7-10,13-14H2,1-4H3,(H,27,28). The number of amides is 1. The molecule has 0 bridgehead atoms. The fourth-order valence-electron chi connectivity index (χ4n) is 3.67. The van der Waals surface area contributed by atoms with Gasteiger partial charge < -0.3 is 24.0 Å². The van der Waals surface area contributed by atoms with Crippen molar-refractivity contribution in [2.75, 3.05) is 39.9 Å². The quantitative estimate of drug-likeness (QED) is 0.765. The lowest BCUT2D eigenvalue weighted by Gasteiger charge is -2.39. The van der Waals surface area contributed by atoms with Gasteiger partial charge in [0, 0.05) is 43.9 Å². The van der Waals surface area contributed by atoms with Crippen LogP contribution in [0.1, 0.15) is 20.8 Å². The number of rotatable bonds is 6. The van der Waals surface area contributed by atoms with Crippen molar-refractivity contribution >= 4 is 17.1 Å². The summed E-state index contributed by atoms with van der Waals surface area (Å²) in [6, 6.07) is 5.06. The van der Waals surface area contributed by atoms with Gasteiger partial charge in [0.2, 0.25) is 0 Å². The second-order valence-corrected chi connectivity index (χ2v) is 8.46. The van der Waals surface area contributed by atoms with E-state index in [4.69, 9.17) is 9.47 Å². The van der Waals surface area contributed by atoms with Crippen LogP contribution in [0, 0.1) is 0 Å². The molecular formula is C21H30N4O5. The first-order valence-corrected chi connectivity index (χ1v) is 10.1. The van der Waals surface area contributed by atoms with Crippen LogP contribution in [0.3, 0.4) is 0 Å². The number of nitrogens with zero attached hydrogens (tertiary/aromatic N) is 4. The molecule has 1 N–H and O–H groups in total. The average molecular weight is 418 g/mol. The van der Waals surface area contributed by atoms with Crippen molar-refractivity contribution in [2.24, 2.45) is 0 Å². The molecule has 1 fully saturated rings. The first-order valence-electron chi connectivity index (χ1n) is 10.1. The summed E-state index contributed by atoms with van der Waals surface area (Å²) in [6.45, 7) is 8.96. The predicted molar refractivity (Wildman–Crippen MR) is 113 cm³/mol. The van der Waals surface area contributed by atoms with Crippen molar-refractivity contribution in [3.8, 4) is 5.75 Å². The van der Waals surface area contributed by atoms with Crippen LogP contribution in [0.25, 0.3) is 11.0 Å². The zero-order valence-corrected chi connectivity index (χ0v) is 18.0. The van der Waals surface area contributed by atoms with Crippen molar-refractivity contribution in [1.82, 2.24) is 19.4 Å². The summed E-state index contributed by atoms with van der Waals surface area (Å²) in [5.41, 5.74) is 0.876. The molecule has 3 rings (SSSR count). The molecule has 0 radical (unpaired) electrons. The molecule has 0 aromatic carbocycles. The third-order valence-corrected chi connectivity index (χ3v) is 5.34. The molecule has 1 saturated heterocycles. The van der Waals surface area contributed by atoms with Crippen LogP contribution in [-0.2, 0) is 11.3 Å². The fraction of sp³-hybridized carbons (Fsp3) is 0.571. The summed E-state index contributed by atoms with van der Waals surface area (Å²) in [5.74, 6) is 0.601. The molecule has 0 aliphatic carbocycles. The van der Waals surface area contributed by atoms with E-state index < -0.39 is 11.6 Å². The number of morpholine rings is 1. The molecule has 9 heteroatoms. The van der Waals surface area contributed by atoms with Crippen molar-refractivity contribution in [2.45, 2.75) is 39.0 Å². The number of fused-ring (bicyclic) bond motifs is 1. The Balaban J connectivity index is 1.70. The molecule has 1 amide bonds. The summed E-state index contributed by atoms with van der Waals surface area (Å²) in [4.78, 5) is 32.1. The van der Waals surface area contributed by atoms with Crippen molar-refractivity contribution in [3.63, 3.8) is 0 Å². The number of carbonyl (C=O) groups is 1. The summed E-state index contributed by atoms with van der Waals surface area (Å²) in [5, 5.41) is 9.53. The lowest BCUT2D eigenvalue weighted by molar-refractivity contribution is -0.0508. The Morgan fingerprint density at radius 1 is 1.37 bits per heavy atom. The number of methoxy groups -OCH3 is 1. The van der Waals surface area contributed by atoms with Crippen LogP contribution in [0.4, 0.5) is 4.79 Å². The van der Waals surface area contributed by atoms with Crippen molar-refractivity contribution in [1.29, 1.82) is 0 Å². The van der Waals surface area contributed by atoms with E-state index in [1.54, 1.807) is 23.9 Å². The highest BCUT2D eigenvalue weighted by Gasteiger charge is 2.31. The lowest BCUT2D eigenvalue weighted by Crippen LogP contribution is -2.53. The summed E-state index contributed by atoms with van der Waals surface area (Å²) >= 11 is 0. The Morgan fingerprint density at radius 2 is 2.13 bits per heavy atom. The molecule has 1 unspecified atom stereocenters. The zero-order chi connectivity index (χ0) is 21.9.